The molecule has 0 atom stereocenters. The lowest BCUT2D eigenvalue weighted by atomic mass is 10.4. The highest BCUT2D eigenvalue weighted by atomic mass is 35.5. The maximum absolute atomic E-state index is 5.59. The Morgan fingerprint density at radius 1 is 0.905 bits per heavy atom. The van der Waals surface area contributed by atoms with Crippen LogP contribution in [0, 0.1) is 0 Å². The molecule has 0 saturated carbocycles. The van der Waals surface area contributed by atoms with Gasteiger partial charge in [0.05, 0.1) is 23.1 Å². The number of halogens is 3. The van der Waals surface area contributed by atoms with E-state index in [1.807, 2.05) is 33.1 Å². The Labute approximate surface area is 139 Å². The molecular weight excluding hydrogens is 335 g/mol. The second-order valence-corrected chi connectivity index (χ2v) is 5.04. The quantitative estimate of drug-likeness (QED) is 0.852. The van der Waals surface area contributed by atoms with Gasteiger partial charge in [-0.2, -0.15) is 10.2 Å². The van der Waals surface area contributed by atoms with Crippen LogP contribution in [0.3, 0.4) is 0 Å². The third-order valence-corrected chi connectivity index (χ3v) is 2.29. The molecule has 0 aliphatic carbocycles. The normalized spacial score (nSPS) is 8.90. The third kappa shape index (κ3) is 10.2. The van der Waals surface area contributed by atoms with Crippen LogP contribution in [0.25, 0.3) is 0 Å². The standard InChI is InChI=1S/C6H8ClN3.C4H2Cl2N2.C2H7N/c1-10(2)5-3-6(7)9-8-4-5;5-3-1-4(6)8-7-2-3;1-3-2/h3-4H,1-2H3;1-2H;3H,1-2H3. The van der Waals surface area contributed by atoms with Crippen LogP contribution in [0.5, 0.6) is 0 Å². The first-order valence-electron chi connectivity index (χ1n) is 5.78. The second-order valence-electron chi connectivity index (χ2n) is 3.83. The van der Waals surface area contributed by atoms with Crippen LogP contribution in [-0.4, -0.2) is 48.6 Å². The molecule has 0 spiro atoms. The molecular formula is C12H17Cl3N6. The van der Waals surface area contributed by atoms with E-state index in [1.165, 1.54) is 12.3 Å². The summed E-state index contributed by atoms with van der Waals surface area (Å²) in [5.41, 5.74) is 0.958. The van der Waals surface area contributed by atoms with Gasteiger partial charge in [-0.05, 0) is 20.2 Å². The van der Waals surface area contributed by atoms with E-state index >= 15 is 0 Å². The van der Waals surface area contributed by atoms with Crippen LogP contribution in [-0.2, 0) is 0 Å². The molecule has 2 heterocycles. The van der Waals surface area contributed by atoms with E-state index < -0.39 is 0 Å². The maximum Gasteiger partial charge on any atom is 0.153 e. The van der Waals surface area contributed by atoms with Crippen molar-refractivity contribution in [1.29, 1.82) is 0 Å². The van der Waals surface area contributed by atoms with Gasteiger partial charge in [0, 0.05) is 20.2 Å². The molecule has 9 heteroatoms. The predicted octanol–water partition coefficient (Wildman–Crippen LogP) is 2.82. The van der Waals surface area contributed by atoms with Gasteiger partial charge < -0.3 is 10.2 Å². The van der Waals surface area contributed by atoms with Crippen LogP contribution < -0.4 is 10.2 Å². The number of aromatic nitrogens is 4. The summed E-state index contributed by atoms with van der Waals surface area (Å²) in [6, 6.07) is 3.28. The van der Waals surface area contributed by atoms with Gasteiger partial charge in [0.1, 0.15) is 0 Å². The molecule has 0 fully saturated rings. The summed E-state index contributed by atoms with van der Waals surface area (Å²) >= 11 is 16.4. The highest BCUT2D eigenvalue weighted by Crippen LogP contribution is 2.12. The first-order valence-corrected chi connectivity index (χ1v) is 6.91. The monoisotopic (exact) mass is 350 g/mol. The van der Waals surface area contributed by atoms with E-state index in [0.29, 0.717) is 15.3 Å². The fourth-order valence-corrected chi connectivity index (χ4v) is 1.41. The predicted molar refractivity (Wildman–Crippen MR) is 88.4 cm³/mol. The molecule has 6 nitrogen and oxygen atoms in total. The van der Waals surface area contributed by atoms with E-state index in [2.05, 4.69) is 25.7 Å². The number of nitrogens with one attached hydrogen (secondary N) is 1. The fraction of sp³-hybridized carbons (Fsp3) is 0.333. The van der Waals surface area contributed by atoms with Crippen molar-refractivity contribution >= 4 is 40.5 Å². The summed E-state index contributed by atoms with van der Waals surface area (Å²) < 4.78 is 0. The average molecular weight is 352 g/mol. The number of hydrogen-bond donors (Lipinski definition) is 1. The van der Waals surface area contributed by atoms with Crippen LogP contribution >= 0.6 is 34.8 Å². The zero-order valence-corrected chi connectivity index (χ0v) is 14.4. The molecule has 0 unspecified atom stereocenters. The van der Waals surface area contributed by atoms with Crippen molar-refractivity contribution in [3.8, 4) is 0 Å². The van der Waals surface area contributed by atoms with Crippen molar-refractivity contribution < 1.29 is 0 Å². The summed E-state index contributed by atoms with van der Waals surface area (Å²) in [4.78, 5) is 1.92. The first kappa shape index (κ1) is 19.8. The zero-order valence-electron chi connectivity index (χ0n) is 12.2. The van der Waals surface area contributed by atoms with E-state index in [1.54, 1.807) is 12.3 Å². The van der Waals surface area contributed by atoms with Gasteiger partial charge in [0.15, 0.2) is 10.3 Å². The summed E-state index contributed by atoms with van der Waals surface area (Å²) in [7, 11) is 7.60. The van der Waals surface area contributed by atoms with Gasteiger partial charge in [-0.15, -0.1) is 10.2 Å². The van der Waals surface area contributed by atoms with Crippen molar-refractivity contribution in [2.75, 3.05) is 33.1 Å². The highest BCUT2D eigenvalue weighted by molar-refractivity contribution is 6.33. The number of anilines is 1. The maximum atomic E-state index is 5.59. The Morgan fingerprint density at radius 2 is 1.38 bits per heavy atom. The lowest BCUT2D eigenvalue weighted by Crippen LogP contribution is -2.08. The van der Waals surface area contributed by atoms with Crippen LogP contribution in [0.15, 0.2) is 24.5 Å². The molecule has 0 saturated heterocycles. The molecule has 116 valence electrons. The van der Waals surface area contributed by atoms with Crippen LogP contribution in [0.1, 0.15) is 0 Å². The van der Waals surface area contributed by atoms with Crippen molar-refractivity contribution in [3.05, 3.63) is 39.9 Å². The fourth-order valence-electron chi connectivity index (χ4n) is 0.895. The first-order chi connectivity index (χ1) is 9.90. The molecule has 1 N–H and O–H groups in total. The topological polar surface area (TPSA) is 66.8 Å². The van der Waals surface area contributed by atoms with Crippen molar-refractivity contribution in [1.82, 2.24) is 25.7 Å². The van der Waals surface area contributed by atoms with Gasteiger partial charge >= 0.3 is 0 Å². The van der Waals surface area contributed by atoms with Crippen LogP contribution in [0.4, 0.5) is 5.69 Å². The molecule has 2 rings (SSSR count). The molecule has 2 aromatic heterocycles. The van der Waals surface area contributed by atoms with Gasteiger partial charge in [0.25, 0.3) is 0 Å². The van der Waals surface area contributed by atoms with Gasteiger partial charge in [-0.1, -0.05) is 34.8 Å². The summed E-state index contributed by atoms with van der Waals surface area (Å²) in [5, 5.41) is 18.2. The van der Waals surface area contributed by atoms with E-state index in [4.69, 9.17) is 34.8 Å². The Bertz CT molecular complexity index is 507. The third-order valence-electron chi connectivity index (χ3n) is 1.72. The van der Waals surface area contributed by atoms with E-state index in [0.717, 1.165) is 5.69 Å². The van der Waals surface area contributed by atoms with Gasteiger partial charge in [-0.25, -0.2) is 0 Å². The van der Waals surface area contributed by atoms with E-state index in [9.17, 15) is 0 Å². The molecule has 2 aromatic rings. The second kappa shape index (κ2) is 11.4. The molecule has 0 aliphatic rings. The molecule has 21 heavy (non-hydrogen) atoms. The highest BCUT2D eigenvalue weighted by Gasteiger charge is 1.95. The minimum atomic E-state index is 0.317. The van der Waals surface area contributed by atoms with Crippen molar-refractivity contribution in [2.24, 2.45) is 0 Å². The molecule has 0 bridgehead atoms. The Kier molecular flexibility index (Phi) is 10.8. The zero-order chi connectivity index (χ0) is 16.3. The lowest BCUT2D eigenvalue weighted by Gasteiger charge is -2.10. The van der Waals surface area contributed by atoms with Crippen molar-refractivity contribution in [3.63, 3.8) is 0 Å². The molecule has 0 aliphatic heterocycles. The summed E-state index contributed by atoms with van der Waals surface area (Å²) in [6.45, 7) is 0. The van der Waals surface area contributed by atoms with Crippen LogP contribution in [0.2, 0.25) is 15.3 Å². The number of hydrogen-bond acceptors (Lipinski definition) is 6. The molecule has 0 aromatic carbocycles. The smallest absolute Gasteiger partial charge is 0.153 e. The number of nitrogens with zero attached hydrogens (tertiary/aromatic N) is 5. The Hall–Kier alpha value is -1.21. The summed E-state index contributed by atoms with van der Waals surface area (Å²) in [5.74, 6) is 0. The number of rotatable bonds is 1. The summed E-state index contributed by atoms with van der Waals surface area (Å²) in [6.07, 6.45) is 3.08. The average Bonchev–Trinajstić information content (AvgIpc) is 2.40. The minimum Gasteiger partial charge on any atom is -0.376 e. The Balaban J connectivity index is 0.000000327. The SMILES string of the molecule is CN(C)c1cnnc(Cl)c1.CNC.Clc1cnnc(Cl)c1. The van der Waals surface area contributed by atoms with Crippen molar-refractivity contribution in [2.45, 2.75) is 0 Å². The largest absolute Gasteiger partial charge is 0.376 e. The Morgan fingerprint density at radius 3 is 1.67 bits per heavy atom. The lowest BCUT2D eigenvalue weighted by molar-refractivity contribution is 1.00. The minimum absolute atomic E-state index is 0.317. The van der Waals surface area contributed by atoms with Gasteiger partial charge in [-0.3, -0.25) is 0 Å². The van der Waals surface area contributed by atoms with E-state index in [-0.39, 0.29) is 0 Å². The molecule has 0 radical (unpaired) electrons. The van der Waals surface area contributed by atoms with Gasteiger partial charge in [0.2, 0.25) is 0 Å². The molecule has 0 amide bonds.